The van der Waals surface area contributed by atoms with Crippen LogP contribution in [0.2, 0.25) is 5.02 Å². The van der Waals surface area contributed by atoms with Gasteiger partial charge in [0.2, 0.25) is 10.0 Å². The molecular formula is C25H23ClN4O3S2. The predicted octanol–water partition coefficient (Wildman–Crippen LogP) is 5.28. The molecule has 5 rings (SSSR count). The van der Waals surface area contributed by atoms with Gasteiger partial charge in [0, 0.05) is 36.1 Å². The van der Waals surface area contributed by atoms with Crippen LogP contribution in [0, 0.1) is 6.92 Å². The standard InChI is InChI=1S/C25H23ClN4O3S2/c1-17-13-20(26)14-22-23(17)28-25(34-22)30(16-18-5-4-10-27-15-18)24(31)19-6-8-21(9-7-19)35(32,33)29-11-2-3-12-29/h4-10,13-15H,2-3,11-12,16H2,1H3. The first kappa shape index (κ1) is 23.9. The molecule has 2 aromatic carbocycles. The molecule has 35 heavy (non-hydrogen) atoms. The molecule has 0 saturated carbocycles. The first-order valence-electron chi connectivity index (χ1n) is 11.2. The van der Waals surface area contributed by atoms with Gasteiger partial charge in [-0.25, -0.2) is 13.4 Å². The number of benzene rings is 2. The highest BCUT2D eigenvalue weighted by atomic mass is 35.5. The topological polar surface area (TPSA) is 83.5 Å². The highest BCUT2D eigenvalue weighted by molar-refractivity contribution is 7.89. The molecule has 0 spiro atoms. The van der Waals surface area contributed by atoms with Crippen LogP contribution in [0.15, 0.2) is 65.8 Å². The van der Waals surface area contributed by atoms with Crippen LogP contribution in [0.4, 0.5) is 5.13 Å². The molecule has 1 aliphatic rings. The molecule has 1 saturated heterocycles. The summed E-state index contributed by atoms with van der Waals surface area (Å²) < 4.78 is 28.1. The normalized spacial score (nSPS) is 14.5. The first-order chi connectivity index (χ1) is 16.8. The fraction of sp³-hybridized carbons (Fsp3) is 0.240. The van der Waals surface area contributed by atoms with Gasteiger partial charge >= 0.3 is 0 Å². The highest BCUT2D eigenvalue weighted by Crippen LogP contribution is 2.34. The van der Waals surface area contributed by atoms with E-state index in [0.717, 1.165) is 34.2 Å². The van der Waals surface area contributed by atoms with E-state index >= 15 is 0 Å². The summed E-state index contributed by atoms with van der Waals surface area (Å²) in [6, 6.07) is 13.5. The summed E-state index contributed by atoms with van der Waals surface area (Å²) in [5, 5.41) is 1.15. The van der Waals surface area contributed by atoms with Crippen molar-refractivity contribution in [1.29, 1.82) is 0 Å². The molecule has 0 bridgehead atoms. The Bertz CT molecular complexity index is 1480. The smallest absolute Gasteiger partial charge is 0.260 e. The zero-order chi connectivity index (χ0) is 24.6. The average Bonchev–Trinajstić information content (AvgIpc) is 3.54. The Kier molecular flexibility index (Phi) is 6.59. The van der Waals surface area contributed by atoms with Crippen LogP contribution >= 0.6 is 22.9 Å². The second-order valence-electron chi connectivity index (χ2n) is 8.45. The van der Waals surface area contributed by atoms with Gasteiger partial charge in [-0.1, -0.05) is 29.0 Å². The molecule has 0 unspecified atom stereocenters. The lowest BCUT2D eigenvalue weighted by atomic mass is 10.2. The van der Waals surface area contributed by atoms with Crippen molar-refractivity contribution in [2.24, 2.45) is 0 Å². The summed E-state index contributed by atoms with van der Waals surface area (Å²) in [4.78, 5) is 24.4. The number of nitrogens with zero attached hydrogens (tertiary/aromatic N) is 4. The van der Waals surface area contributed by atoms with Crippen molar-refractivity contribution >= 4 is 54.2 Å². The monoisotopic (exact) mass is 526 g/mol. The maximum atomic E-state index is 13.7. The Balaban J connectivity index is 1.50. The third kappa shape index (κ3) is 4.81. The zero-order valence-electron chi connectivity index (χ0n) is 19.0. The number of hydrogen-bond donors (Lipinski definition) is 0. The quantitative estimate of drug-likeness (QED) is 0.341. The van der Waals surface area contributed by atoms with Gasteiger partial charge in [-0.3, -0.25) is 14.7 Å². The highest BCUT2D eigenvalue weighted by Gasteiger charge is 2.28. The van der Waals surface area contributed by atoms with Gasteiger partial charge in [0.15, 0.2) is 5.13 Å². The van der Waals surface area contributed by atoms with E-state index in [2.05, 4.69) is 4.98 Å². The summed E-state index contributed by atoms with van der Waals surface area (Å²) >= 11 is 7.62. The van der Waals surface area contributed by atoms with Crippen LogP contribution < -0.4 is 4.90 Å². The molecular weight excluding hydrogens is 504 g/mol. The number of halogens is 1. The van der Waals surface area contributed by atoms with Crippen LogP contribution in [0.25, 0.3) is 10.2 Å². The van der Waals surface area contributed by atoms with E-state index in [1.54, 1.807) is 29.4 Å². The van der Waals surface area contributed by atoms with Gasteiger partial charge in [0.05, 0.1) is 21.7 Å². The number of pyridine rings is 1. The van der Waals surface area contributed by atoms with Crippen molar-refractivity contribution in [1.82, 2.24) is 14.3 Å². The predicted molar refractivity (Wildman–Crippen MR) is 139 cm³/mol. The Morgan fingerprint density at radius 1 is 1.14 bits per heavy atom. The molecule has 7 nitrogen and oxygen atoms in total. The lowest BCUT2D eigenvalue weighted by Gasteiger charge is -2.20. The number of sulfonamides is 1. The van der Waals surface area contributed by atoms with E-state index in [-0.39, 0.29) is 17.3 Å². The summed E-state index contributed by atoms with van der Waals surface area (Å²) in [7, 11) is -3.55. The minimum atomic E-state index is -3.55. The Labute approximate surface area is 213 Å². The van der Waals surface area contributed by atoms with Gasteiger partial charge in [0.1, 0.15) is 0 Å². The number of anilines is 1. The largest absolute Gasteiger partial charge is 0.279 e. The molecule has 10 heteroatoms. The van der Waals surface area contributed by atoms with Crippen LogP contribution in [-0.2, 0) is 16.6 Å². The molecule has 0 aliphatic carbocycles. The van der Waals surface area contributed by atoms with E-state index in [1.807, 2.05) is 31.2 Å². The third-order valence-electron chi connectivity index (χ3n) is 5.98. The van der Waals surface area contributed by atoms with Crippen molar-refractivity contribution < 1.29 is 13.2 Å². The first-order valence-corrected chi connectivity index (χ1v) is 13.8. The van der Waals surface area contributed by atoms with Gasteiger partial charge in [0.25, 0.3) is 5.91 Å². The minimum absolute atomic E-state index is 0.194. The van der Waals surface area contributed by atoms with Gasteiger partial charge in [-0.05, 0) is 73.4 Å². The molecule has 1 amide bonds. The maximum Gasteiger partial charge on any atom is 0.260 e. The zero-order valence-corrected chi connectivity index (χ0v) is 21.4. The lowest BCUT2D eigenvalue weighted by Crippen LogP contribution is -2.31. The second kappa shape index (κ2) is 9.66. The summed E-state index contributed by atoms with van der Waals surface area (Å²) in [6.45, 7) is 3.27. The molecule has 0 radical (unpaired) electrons. The molecule has 180 valence electrons. The number of carbonyl (C=O) groups is 1. The van der Waals surface area contributed by atoms with E-state index in [4.69, 9.17) is 16.6 Å². The fourth-order valence-electron chi connectivity index (χ4n) is 4.16. The van der Waals surface area contributed by atoms with Crippen molar-refractivity contribution in [3.63, 3.8) is 0 Å². The molecule has 2 aromatic heterocycles. The van der Waals surface area contributed by atoms with Crippen LogP contribution in [0.5, 0.6) is 0 Å². The van der Waals surface area contributed by atoms with Crippen LogP contribution in [-0.4, -0.2) is 41.7 Å². The average molecular weight is 527 g/mol. The van der Waals surface area contributed by atoms with Gasteiger partial charge in [-0.15, -0.1) is 0 Å². The molecule has 0 N–H and O–H groups in total. The van der Waals surface area contributed by atoms with Crippen LogP contribution in [0.3, 0.4) is 0 Å². The second-order valence-corrected chi connectivity index (χ2v) is 11.8. The van der Waals surface area contributed by atoms with E-state index in [9.17, 15) is 13.2 Å². The SMILES string of the molecule is Cc1cc(Cl)cc2sc(N(Cc3cccnc3)C(=O)c3ccc(S(=O)(=O)N4CCCC4)cc3)nc12. The number of carbonyl (C=O) groups excluding carboxylic acids is 1. The summed E-state index contributed by atoms with van der Waals surface area (Å²) in [5.74, 6) is -0.276. The summed E-state index contributed by atoms with van der Waals surface area (Å²) in [6.07, 6.45) is 5.12. The third-order valence-corrected chi connectivity index (χ3v) is 9.14. The Hall–Kier alpha value is -2.85. The lowest BCUT2D eigenvalue weighted by molar-refractivity contribution is 0.0985. The Morgan fingerprint density at radius 3 is 2.57 bits per heavy atom. The van der Waals surface area contributed by atoms with Crippen molar-refractivity contribution in [2.45, 2.75) is 31.2 Å². The number of amides is 1. The molecule has 0 atom stereocenters. The van der Waals surface area contributed by atoms with Crippen LogP contribution in [0.1, 0.15) is 34.3 Å². The van der Waals surface area contributed by atoms with E-state index in [0.29, 0.717) is 28.8 Å². The van der Waals surface area contributed by atoms with Crippen molar-refractivity contribution in [3.8, 4) is 0 Å². The molecule has 1 fully saturated rings. The fourth-order valence-corrected chi connectivity index (χ4v) is 7.10. The Morgan fingerprint density at radius 2 is 1.89 bits per heavy atom. The number of rotatable bonds is 6. The molecule has 1 aliphatic heterocycles. The number of aryl methyl sites for hydroxylation is 1. The van der Waals surface area contributed by atoms with E-state index < -0.39 is 10.0 Å². The van der Waals surface area contributed by atoms with Crippen molar-refractivity contribution in [2.75, 3.05) is 18.0 Å². The summed E-state index contributed by atoms with van der Waals surface area (Å²) in [5.41, 5.74) is 2.96. The number of thiazole rings is 1. The van der Waals surface area contributed by atoms with E-state index in [1.165, 1.54) is 27.8 Å². The number of fused-ring (bicyclic) bond motifs is 1. The number of hydrogen-bond acceptors (Lipinski definition) is 6. The number of aromatic nitrogens is 2. The molecule has 4 aromatic rings. The maximum absolute atomic E-state index is 13.7. The minimum Gasteiger partial charge on any atom is -0.279 e. The van der Waals surface area contributed by atoms with Gasteiger partial charge < -0.3 is 0 Å². The molecule has 3 heterocycles. The van der Waals surface area contributed by atoms with Gasteiger partial charge in [-0.2, -0.15) is 4.31 Å². The van der Waals surface area contributed by atoms with Crippen molar-refractivity contribution in [3.05, 3.63) is 82.6 Å².